The predicted octanol–water partition coefficient (Wildman–Crippen LogP) is 2.35. The molecule has 0 saturated carbocycles. The maximum absolute atomic E-state index is 5.70. The maximum Gasteiger partial charge on any atom is 0.165 e. The standard InChI is InChI=1S/C14H23NO3/c1-3-4-8-17-9-10-18-14-12(11-15)6-5-7-13(14)16-2/h5-7H,3-4,8-11,15H2,1-2H3. The average Bonchev–Trinajstić information content (AvgIpc) is 2.42. The summed E-state index contributed by atoms with van der Waals surface area (Å²) in [6, 6.07) is 5.72. The van der Waals surface area contributed by atoms with Crippen LogP contribution in [0.15, 0.2) is 18.2 Å². The van der Waals surface area contributed by atoms with Crippen molar-refractivity contribution in [2.75, 3.05) is 26.9 Å². The number of nitrogens with two attached hydrogens (primary N) is 1. The Labute approximate surface area is 109 Å². The van der Waals surface area contributed by atoms with Gasteiger partial charge in [0, 0.05) is 18.7 Å². The van der Waals surface area contributed by atoms with Gasteiger partial charge in [-0.3, -0.25) is 0 Å². The first kappa shape index (κ1) is 14.8. The Balaban J connectivity index is 2.45. The van der Waals surface area contributed by atoms with E-state index in [9.17, 15) is 0 Å². The summed E-state index contributed by atoms with van der Waals surface area (Å²) in [5, 5.41) is 0. The van der Waals surface area contributed by atoms with Crippen LogP contribution in [0.25, 0.3) is 0 Å². The summed E-state index contributed by atoms with van der Waals surface area (Å²) in [6.45, 7) is 4.46. The number of benzene rings is 1. The zero-order chi connectivity index (χ0) is 13.2. The molecule has 1 aromatic rings. The Kier molecular flexibility index (Phi) is 7.22. The van der Waals surface area contributed by atoms with Crippen molar-refractivity contribution < 1.29 is 14.2 Å². The molecule has 18 heavy (non-hydrogen) atoms. The van der Waals surface area contributed by atoms with Gasteiger partial charge < -0.3 is 19.9 Å². The fourth-order valence-corrected chi connectivity index (χ4v) is 1.60. The van der Waals surface area contributed by atoms with Crippen molar-refractivity contribution in [3.8, 4) is 11.5 Å². The van der Waals surface area contributed by atoms with Crippen molar-refractivity contribution in [3.05, 3.63) is 23.8 Å². The van der Waals surface area contributed by atoms with E-state index in [0.29, 0.717) is 25.5 Å². The van der Waals surface area contributed by atoms with E-state index in [-0.39, 0.29) is 0 Å². The lowest BCUT2D eigenvalue weighted by Crippen LogP contribution is -2.10. The van der Waals surface area contributed by atoms with Crippen LogP contribution in [0.1, 0.15) is 25.3 Å². The van der Waals surface area contributed by atoms with Crippen LogP contribution in [0.5, 0.6) is 11.5 Å². The number of para-hydroxylation sites is 1. The number of rotatable bonds is 9. The van der Waals surface area contributed by atoms with Gasteiger partial charge in [-0.15, -0.1) is 0 Å². The SMILES string of the molecule is CCCCOCCOc1c(CN)cccc1OC. The number of ether oxygens (including phenoxy) is 3. The molecule has 0 atom stereocenters. The Morgan fingerprint density at radius 1 is 1.17 bits per heavy atom. The minimum absolute atomic E-state index is 0.434. The molecule has 0 heterocycles. The van der Waals surface area contributed by atoms with Crippen molar-refractivity contribution in [1.29, 1.82) is 0 Å². The van der Waals surface area contributed by atoms with E-state index >= 15 is 0 Å². The van der Waals surface area contributed by atoms with Crippen LogP contribution in [-0.4, -0.2) is 26.9 Å². The molecule has 0 spiro atoms. The summed E-state index contributed by atoms with van der Waals surface area (Å²) >= 11 is 0. The monoisotopic (exact) mass is 253 g/mol. The molecule has 0 aliphatic carbocycles. The van der Waals surface area contributed by atoms with E-state index in [1.165, 1.54) is 0 Å². The molecule has 0 aliphatic heterocycles. The largest absolute Gasteiger partial charge is 0.493 e. The number of hydrogen-bond donors (Lipinski definition) is 1. The Hall–Kier alpha value is -1.26. The molecule has 0 bridgehead atoms. The third-order valence-electron chi connectivity index (χ3n) is 2.62. The quantitative estimate of drug-likeness (QED) is 0.686. The molecule has 1 aromatic carbocycles. The van der Waals surface area contributed by atoms with Crippen molar-refractivity contribution in [1.82, 2.24) is 0 Å². The van der Waals surface area contributed by atoms with Gasteiger partial charge in [-0.25, -0.2) is 0 Å². The molecule has 4 nitrogen and oxygen atoms in total. The Morgan fingerprint density at radius 2 is 2.00 bits per heavy atom. The number of unbranched alkanes of at least 4 members (excludes halogenated alkanes) is 1. The second-order valence-corrected chi connectivity index (χ2v) is 3.97. The van der Waals surface area contributed by atoms with E-state index in [1.54, 1.807) is 7.11 Å². The first-order chi connectivity index (χ1) is 8.83. The van der Waals surface area contributed by atoms with Crippen molar-refractivity contribution >= 4 is 0 Å². The zero-order valence-electron chi connectivity index (χ0n) is 11.3. The zero-order valence-corrected chi connectivity index (χ0v) is 11.3. The molecule has 102 valence electrons. The Bertz CT molecular complexity index is 320. The lowest BCUT2D eigenvalue weighted by Gasteiger charge is -2.14. The predicted molar refractivity (Wildman–Crippen MR) is 72.1 cm³/mol. The third-order valence-corrected chi connectivity index (χ3v) is 2.62. The van der Waals surface area contributed by atoms with Crippen LogP contribution in [0.2, 0.25) is 0 Å². The van der Waals surface area contributed by atoms with E-state index in [2.05, 4.69) is 6.92 Å². The summed E-state index contributed by atoms with van der Waals surface area (Å²) in [6.07, 6.45) is 2.23. The second kappa shape index (κ2) is 8.78. The van der Waals surface area contributed by atoms with E-state index in [1.807, 2.05) is 18.2 Å². The third kappa shape index (κ3) is 4.55. The smallest absolute Gasteiger partial charge is 0.165 e. The first-order valence-corrected chi connectivity index (χ1v) is 6.40. The van der Waals surface area contributed by atoms with Crippen LogP contribution < -0.4 is 15.2 Å². The highest BCUT2D eigenvalue weighted by molar-refractivity contribution is 5.46. The minimum Gasteiger partial charge on any atom is -0.493 e. The highest BCUT2D eigenvalue weighted by atomic mass is 16.5. The molecule has 0 fully saturated rings. The summed E-state index contributed by atoms with van der Waals surface area (Å²) < 4.78 is 16.4. The lowest BCUT2D eigenvalue weighted by atomic mass is 10.2. The van der Waals surface area contributed by atoms with Crippen LogP contribution in [0.4, 0.5) is 0 Å². The summed E-state index contributed by atoms with van der Waals surface area (Å²) in [4.78, 5) is 0. The van der Waals surface area contributed by atoms with E-state index in [4.69, 9.17) is 19.9 Å². The van der Waals surface area contributed by atoms with Crippen LogP contribution in [0, 0.1) is 0 Å². The van der Waals surface area contributed by atoms with Gasteiger partial charge in [0.2, 0.25) is 0 Å². The van der Waals surface area contributed by atoms with Gasteiger partial charge in [0.1, 0.15) is 6.61 Å². The van der Waals surface area contributed by atoms with Crippen LogP contribution in [0.3, 0.4) is 0 Å². The molecule has 0 aliphatic rings. The molecule has 2 N–H and O–H groups in total. The van der Waals surface area contributed by atoms with Crippen LogP contribution >= 0.6 is 0 Å². The first-order valence-electron chi connectivity index (χ1n) is 6.40. The van der Waals surface area contributed by atoms with Crippen molar-refractivity contribution in [2.24, 2.45) is 5.73 Å². The van der Waals surface area contributed by atoms with Crippen LogP contribution in [-0.2, 0) is 11.3 Å². The maximum atomic E-state index is 5.70. The molecule has 4 heteroatoms. The molecule has 1 rings (SSSR count). The lowest BCUT2D eigenvalue weighted by molar-refractivity contribution is 0.0967. The molecule has 0 unspecified atom stereocenters. The van der Waals surface area contributed by atoms with Crippen molar-refractivity contribution in [2.45, 2.75) is 26.3 Å². The topological polar surface area (TPSA) is 53.7 Å². The van der Waals surface area contributed by atoms with Gasteiger partial charge in [0.15, 0.2) is 11.5 Å². The number of hydrogen-bond acceptors (Lipinski definition) is 4. The summed E-state index contributed by atoms with van der Waals surface area (Å²) in [7, 11) is 1.63. The van der Waals surface area contributed by atoms with E-state index < -0.39 is 0 Å². The highest BCUT2D eigenvalue weighted by Gasteiger charge is 2.08. The Morgan fingerprint density at radius 3 is 2.67 bits per heavy atom. The van der Waals surface area contributed by atoms with Gasteiger partial charge in [-0.05, 0) is 12.5 Å². The second-order valence-electron chi connectivity index (χ2n) is 3.97. The van der Waals surface area contributed by atoms with Crippen molar-refractivity contribution in [3.63, 3.8) is 0 Å². The van der Waals surface area contributed by atoms with Gasteiger partial charge in [-0.2, -0.15) is 0 Å². The minimum atomic E-state index is 0.434. The van der Waals surface area contributed by atoms with E-state index in [0.717, 1.165) is 30.8 Å². The molecule has 0 aromatic heterocycles. The fourth-order valence-electron chi connectivity index (χ4n) is 1.60. The molecule has 0 radical (unpaired) electrons. The summed E-state index contributed by atoms with van der Waals surface area (Å²) in [5.74, 6) is 1.44. The number of methoxy groups -OCH3 is 1. The van der Waals surface area contributed by atoms with Gasteiger partial charge in [0.25, 0.3) is 0 Å². The fraction of sp³-hybridized carbons (Fsp3) is 0.571. The van der Waals surface area contributed by atoms with Gasteiger partial charge in [0.05, 0.1) is 13.7 Å². The molecule has 0 saturated heterocycles. The highest BCUT2D eigenvalue weighted by Crippen LogP contribution is 2.30. The summed E-state index contributed by atoms with van der Waals surface area (Å²) in [5.41, 5.74) is 6.62. The average molecular weight is 253 g/mol. The van der Waals surface area contributed by atoms with Gasteiger partial charge in [-0.1, -0.05) is 25.5 Å². The van der Waals surface area contributed by atoms with Gasteiger partial charge >= 0.3 is 0 Å². The molecular formula is C14H23NO3. The normalized spacial score (nSPS) is 10.4. The molecular weight excluding hydrogens is 230 g/mol. The molecule has 0 amide bonds.